The van der Waals surface area contributed by atoms with Crippen molar-refractivity contribution in [1.82, 2.24) is 9.29 Å². The molecule has 1 aromatic rings. The lowest BCUT2D eigenvalue weighted by atomic mass is 10.1. The molecule has 0 bridgehead atoms. The molecule has 0 atom stereocenters. The zero-order valence-corrected chi connectivity index (χ0v) is 11.7. The molecule has 0 saturated carbocycles. The minimum atomic E-state index is -3.56. The van der Waals surface area contributed by atoms with E-state index in [1.165, 1.54) is 16.9 Å². The summed E-state index contributed by atoms with van der Waals surface area (Å²) in [5.74, 6) is 5.36. The second-order valence-corrected chi connectivity index (χ2v) is 6.53. The second kappa shape index (κ2) is 6.31. The maximum Gasteiger partial charge on any atom is 0.262 e. The topological polar surface area (TPSA) is 88.3 Å². The van der Waals surface area contributed by atoms with Crippen molar-refractivity contribution in [2.45, 2.75) is 37.1 Å². The fourth-order valence-corrected chi connectivity index (χ4v) is 3.87. The van der Waals surface area contributed by atoms with Crippen molar-refractivity contribution in [3.63, 3.8) is 0 Å². The van der Waals surface area contributed by atoms with E-state index in [1.54, 1.807) is 12.1 Å². The summed E-state index contributed by atoms with van der Waals surface area (Å²) in [4.78, 5) is 3.98. The lowest BCUT2D eigenvalue weighted by molar-refractivity contribution is 0.363. The van der Waals surface area contributed by atoms with E-state index in [9.17, 15) is 8.42 Å². The van der Waals surface area contributed by atoms with Crippen molar-refractivity contribution in [3.05, 3.63) is 18.3 Å². The fraction of sp³-hybridized carbons (Fsp3) is 0.583. The van der Waals surface area contributed by atoms with Gasteiger partial charge in [-0.15, -0.1) is 0 Å². The normalized spacial score (nSPS) is 18.6. The number of nitrogens with zero attached hydrogens (tertiary/aromatic N) is 2. The lowest BCUT2D eigenvalue weighted by Crippen LogP contribution is -2.35. The number of nitrogens with two attached hydrogens (primary N) is 1. The van der Waals surface area contributed by atoms with Gasteiger partial charge in [0.25, 0.3) is 10.0 Å². The van der Waals surface area contributed by atoms with Crippen LogP contribution in [0.1, 0.15) is 32.1 Å². The Morgan fingerprint density at radius 1 is 1.16 bits per heavy atom. The molecule has 19 heavy (non-hydrogen) atoms. The quantitative estimate of drug-likeness (QED) is 0.645. The number of hydrogen-bond donors (Lipinski definition) is 2. The van der Waals surface area contributed by atoms with Gasteiger partial charge in [0, 0.05) is 19.3 Å². The van der Waals surface area contributed by atoms with Gasteiger partial charge in [0.1, 0.15) is 0 Å². The van der Waals surface area contributed by atoms with Gasteiger partial charge < -0.3 is 5.43 Å². The number of nitrogens with one attached hydrogen (secondary N) is 1. The summed E-state index contributed by atoms with van der Waals surface area (Å²) >= 11 is 0. The van der Waals surface area contributed by atoms with Crippen LogP contribution in [-0.4, -0.2) is 30.8 Å². The Morgan fingerprint density at radius 2 is 1.79 bits per heavy atom. The summed E-state index contributed by atoms with van der Waals surface area (Å²) in [6, 6.07) is 3.27. The van der Waals surface area contributed by atoms with Gasteiger partial charge in [-0.1, -0.05) is 19.3 Å². The summed E-state index contributed by atoms with van der Waals surface area (Å²) in [5.41, 5.74) is 2.74. The molecule has 0 unspecified atom stereocenters. The van der Waals surface area contributed by atoms with E-state index < -0.39 is 10.0 Å². The average molecular weight is 284 g/mol. The van der Waals surface area contributed by atoms with Crippen LogP contribution < -0.4 is 11.3 Å². The first-order valence-corrected chi connectivity index (χ1v) is 8.02. The summed E-state index contributed by atoms with van der Waals surface area (Å²) in [5, 5.41) is 0.0121. The van der Waals surface area contributed by atoms with E-state index >= 15 is 0 Å². The minimum Gasteiger partial charge on any atom is -0.321 e. The highest BCUT2D eigenvalue weighted by molar-refractivity contribution is 7.89. The smallest absolute Gasteiger partial charge is 0.262 e. The van der Waals surface area contributed by atoms with Gasteiger partial charge in [0.05, 0.1) is 5.69 Å². The fourth-order valence-electron chi connectivity index (χ4n) is 2.29. The van der Waals surface area contributed by atoms with E-state index in [0.29, 0.717) is 18.8 Å². The zero-order valence-electron chi connectivity index (χ0n) is 10.9. The highest BCUT2D eigenvalue weighted by atomic mass is 32.2. The molecular formula is C12H20N4O2S. The Morgan fingerprint density at radius 3 is 2.42 bits per heavy atom. The number of anilines is 1. The van der Waals surface area contributed by atoms with E-state index in [1.807, 2.05) is 0 Å². The highest BCUT2D eigenvalue weighted by Crippen LogP contribution is 2.23. The number of hydrazine groups is 1. The third kappa shape index (κ3) is 3.23. The molecule has 0 aliphatic carbocycles. The van der Waals surface area contributed by atoms with Crippen LogP contribution in [0.15, 0.2) is 23.4 Å². The maximum atomic E-state index is 12.6. The number of rotatable bonds is 3. The number of aromatic nitrogens is 1. The van der Waals surface area contributed by atoms with Crippen molar-refractivity contribution in [3.8, 4) is 0 Å². The van der Waals surface area contributed by atoms with E-state index in [4.69, 9.17) is 5.84 Å². The van der Waals surface area contributed by atoms with Gasteiger partial charge in [-0.25, -0.2) is 13.4 Å². The lowest BCUT2D eigenvalue weighted by Gasteiger charge is -2.24. The van der Waals surface area contributed by atoms with Crippen molar-refractivity contribution in [2.24, 2.45) is 5.84 Å². The summed E-state index contributed by atoms with van der Waals surface area (Å²) in [6.07, 6.45) is 6.62. The average Bonchev–Trinajstić information content (AvgIpc) is 2.37. The minimum absolute atomic E-state index is 0.0121. The molecule has 6 nitrogen and oxygen atoms in total. The van der Waals surface area contributed by atoms with Gasteiger partial charge in [0.15, 0.2) is 5.03 Å². The predicted molar refractivity (Wildman–Crippen MR) is 73.9 cm³/mol. The molecule has 2 rings (SSSR count). The molecule has 1 saturated heterocycles. The molecular weight excluding hydrogens is 264 g/mol. The van der Waals surface area contributed by atoms with E-state index in [0.717, 1.165) is 25.7 Å². The Bertz CT molecular complexity index is 510. The zero-order chi connectivity index (χ0) is 13.7. The van der Waals surface area contributed by atoms with E-state index in [-0.39, 0.29) is 5.03 Å². The van der Waals surface area contributed by atoms with Crippen LogP contribution in [-0.2, 0) is 10.0 Å². The molecule has 1 aliphatic rings. The molecule has 7 heteroatoms. The van der Waals surface area contributed by atoms with Crippen molar-refractivity contribution in [2.75, 3.05) is 18.5 Å². The maximum absolute atomic E-state index is 12.6. The Labute approximate surface area is 114 Å². The molecule has 0 amide bonds. The summed E-state index contributed by atoms with van der Waals surface area (Å²) in [6.45, 7) is 1.12. The molecule has 106 valence electrons. The molecule has 0 radical (unpaired) electrons. The monoisotopic (exact) mass is 284 g/mol. The third-order valence-electron chi connectivity index (χ3n) is 3.33. The van der Waals surface area contributed by atoms with E-state index in [2.05, 4.69) is 10.4 Å². The Hall–Kier alpha value is -1.18. The van der Waals surface area contributed by atoms with Crippen LogP contribution in [0.3, 0.4) is 0 Å². The first-order chi connectivity index (χ1) is 9.16. The molecule has 1 fully saturated rings. The van der Waals surface area contributed by atoms with Crippen molar-refractivity contribution in [1.29, 1.82) is 0 Å². The van der Waals surface area contributed by atoms with Crippen LogP contribution >= 0.6 is 0 Å². The van der Waals surface area contributed by atoms with Gasteiger partial charge in [-0.05, 0) is 25.0 Å². The van der Waals surface area contributed by atoms with Crippen LogP contribution in [0.5, 0.6) is 0 Å². The van der Waals surface area contributed by atoms with Crippen LogP contribution in [0, 0.1) is 0 Å². The summed E-state index contributed by atoms with van der Waals surface area (Å²) in [7, 11) is -3.56. The molecule has 3 N–H and O–H groups in total. The molecule has 1 aromatic heterocycles. The van der Waals surface area contributed by atoms with Crippen LogP contribution in [0.4, 0.5) is 5.69 Å². The van der Waals surface area contributed by atoms with Crippen LogP contribution in [0.2, 0.25) is 0 Å². The standard InChI is InChI=1S/C12H20N4O2S/c13-15-11-7-6-8-14-12(11)19(17,18)16-9-4-2-1-3-5-10-16/h6-8,15H,1-5,9-10,13H2. The van der Waals surface area contributed by atoms with Crippen molar-refractivity contribution < 1.29 is 8.42 Å². The van der Waals surface area contributed by atoms with Gasteiger partial charge >= 0.3 is 0 Å². The van der Waals surface area contributed by atoms with Gasteiger partial charge in [-0.2, -0.15) is 4.31 Å². The van der Waals surface area contributed by atoms with Gasteiger partial charge in [-0.3, -0.25) is 5.84 Å². The second-order valence-electron chi connectivity index (χ2n) is 4.67. The highest BCUT2D eigenvalue weighted by Gasteiger charge is 2.28. The number of pyridine rings is 1. The molecule has 1 aliphatic heterocycles. The first kappa shape index (κ1) is 14.2. The SMILES string of the molecule is NNc1cccnc1S(=O)(=O)N1CCCCCCC1. The number of sulfonamides is 1. The van der Waals surface area contributed by atoms with Crippen molar-refractivity contribution >= 4 is 15.7 Å². The number of nitrogen functional groups attached to an aromatic ring is 1. The predicted octanol–water partition coefficient (Wildman–Crippen LogP) is 1.32. The van der Waals surface area contributed by atoms with Gasteiger partial charge in [0.2, 0.25) is 0 Å². The Kier molecular flexibility index (Phi) is 4.73. The first-order valence-electron chi connectivity index (χ1n) is 6.58. The molecule has 0 aromatic carbocycles. The Balaban J connectivity index is 2.29. The molecule has 2 heterocycles. The van der Waals surface area contributed by atoms with Crippen LogP contribution in [0.25, 0.3) is 0 Å². The molecule has 0 spiro atoms. The third-order valence-corrected chi connectivity index (χ3v) is 5.18. The summed E-state index contributed by atoms with van der Waals surface area (Å²) < 4.78 is 26.7. The number of hydrogen-bond acceptors (Lipinski definition) is 5. The largest absolute Gasteiger partial charge is 0.321 e.